The first kappa shape index (κ1) is 17.4. The zero-order valence-electron chi connectivity index (χ0n) is 15.0. The van der Waals surface area contributed by atoms with Gasteiger partial charge in [-0.25, -0.2) is 0 Å². The van der Waals surface area contributed by atoms with Gasteiger partial charge in [-0.1, -0.05) is 96.0 Å². The smallest absolute Gasteiger partial charge is 0.121 e. The normalized spacial score (nSPS) is 20.1. The predicted molar refractivity (Wildman–Crippen MR) is 120 cm³/mol. The average Bonchev–Trinajstić information content (AvgIpc) is 2.74. The maximum Gasteiger partial charge on any atom is 0.121 e. The van der Waals surface area contributed by atoms with Crippen molar-refractivity contribution in [2.75, 3.05) is 10.6 Å². The standard InChI is InChI=1S/C24H18Cl2N2/c25-21-13-19(15-7-3-1-4-8-15)17-11-12-18-20(16-9-5-2-6-10-16)14-22(26)28-24(18)23(17)27-21/h1-14,21-22,27-28H. The van der Waals surface area contributed by atoms with Crippen LogP contribution in [-0.4, -0.2) is 11.0 Å². The highest BCUT2D eigenvalue weighted by Crippen LogP contribution is 2.46. The molecule has 2 unspecified atom stereocenters. The lowest BCUT2D eigenvalue weighted by atomic mass is 9.87. The molecule has 4 heteroatoms. The molecule has 0 radical (unpaired) electrons. The number of alkyl halides is 2. The maximum atomic E-state index is 6.56. The van der Waals surface area contributed by atoms with Crippen LogP contribution in [0, 0.1) is 0 Å². The second-order valence-electron chi connectivity index (χ2n) is 6.90. The van der Waals surface area contributed by atoms with E-state index in [0.717, 1.165) is 44.8 Å². The van der Waals surface area contributed by atoms with Gasteiger partial charge in [0, 0.05) is 11.1 Å². The van der Waals surface area contributed by atoms with Crippen LogP contribution >= 0.6 is 23.2 Å². The maximum absolute atomic E-state index is 6.56. The highest BCUT2D eigenvalue weighted by atomic mass is 35.5. The number of anilines is 2. The van der Waals surface area contributed by atoms with Crippen molar-refractivity contribution in [2.45, 2.75) is 11.0 Å². The van der Waals surface area contributed by atoms with E-state index in [1.807, 2.05) is 36.4 Å². The van der Waals surface area contributed by atoms with E-state index in [4.69, 9.17) is 23.2 Å². The molecular formula is C24H18Cl2N2. The Hall–Kier alpha value is -2.68. The fourth-order valence-electron chi connectivity index (χ4n) is 3.92. The molecule has 0 aliphatic carbocycles. The first-order valence-corrected chi connectivity index (χ1v) is 10.1. The van der Waals surface area contributed by atoms with Crippen molar-refractivity contribution in [3.8, 4) is 0 Å². The SMILES string of the molecule is ClC1C=C(c2ccccc2)c2ccc3c(c2N1)NC(Cl)C=C3c1ccccc1. The first-order valence-electron chi connectivity index (χ1n) is 9.24. The minimum atomic E-state index is -0.295. The Bertz CT molecular complexity index is 1000. The summed E-state index contributed by atoms with van der Waals surface area (Å²) >= 11 is 13.1. The molecule has 0 saturated carbocycles. The molecule has 3 aromatic carbocycles. The molecule has 3 aromatic rings. The Labute approximate surface area is 174 Å². The van der Waals surface area contributed by atoms with Crippen LogP contribution in [-0.2, 0) is 0 Å². The molecule has 2 aliphatic rings. The number of rotatable bonds is 2. The van der Waals surface area contributed by atoms with Crippen LogP contribution < -0.4 is 10.6 Å². The average molecular weight is 405 g/mol. The van der Waals surface area contributed by atoms with Gasteiger partial charge in [0.25, 0.3) is 0 Å². The number of nitrogens with one attached hydrogen (secondary N) is 2. The lowest BCUT2D eigenvalue weighted by molar-refractivity contribution is 1.16. The molecule has 28 heavy (non-hydrogen) atoms. The molecule has 0 spiro atoms. The second kappa shape index (κ2) is 7.05. The van der Waals surface area contributed by atoms with Gasteiger partial charge in [-0.2, -0.15) is 0 Å². The molecule has 2 atom stereocenters. The molecule has 2 N–H and O–H groups in total. The minimum absolute atomic E-state index is 0.295. The van der Waals surface area contributed by atoms with Crippen molar-refractivity contribution in [3.05, 3.63) is 107 Å². The van der Waals surface area contributed by atoms with Gasteiger partial charge in [0.05, 0.1) is 11.4 Å². The largest absolute Gasteiger partial charge is 0.364 e. The van der Waals surface area contributed by atoms with Crippen LogP contribution in [0.3, 0.4) is 0 Å². The van der Waals surface area contributed by atoms with Gasteiger partial charge in [-0.15, -0.1) is 0 Å². The summed E-state index contributed by atoms with van der Waals surface area (Å²) in [5.41, 5.74) is 8.17. The van der Waals surface area contributed by atoms with E-state index in [0.29, 0.717) is 0 Å². The first-order chi connectivity index (χ1) is 13.7. The summed E-state index contributed by atoms with van der Waals surface area (Å²) < 4.78 is 0. The zero-order valence-corrected chi connectivity index (χ0v) is 16.5. The number of fused-ring (bicyclic) bond motifs is 3. The highest BCUT2D eigenvalue weighted by Gasteiger charge is 2.27. The van der Waals surface area contributed by atoms with Gasteiger partial charge in [0.2, 0.25) is 0 Å². The Morgan fingerprint density at radius 2 is 0.929 bits per heavy atom. The van der Waals surface area contributed by atoms with Crippen molar-refractivity contribution in [3.63, 3.8) is 0 Å². The number of hydrogen-bond donors (Lipinski definition) is 2. The summed E-state index contributed by atoms with van der Waals surface area (Å²) in [6.45, 7) is 0. The Morgan fingerprint density at radius 1 is 0.536 bits per heavy atom. The Balaban J connectivity index is 1.69. The highest BCUT2D eigenvalue weighted by molar-refractivity contribution is 6.26. The second-order valence-corrected chi connectivity index (χ2v) is 7.84. The molecule has 0 fully saturated rings. The van der Waals surface area contributed by atoms with Gasteiger partial charge in [-0.3, -0.25) is 0 Å². The molecule has 2 aliphatic heterocycles. The molecular weight excluding hydrogens is 387 g/mol. The van der Waals surface area contributed by atoms with Gasteiger partial charge < -0.3 is 10.6 Å². The van der Waals surface area contributed by atoms with Crippen LogP contribution in [0.4, 0.5) is 11.4 Å². The van der Waals surface area contributed by atoms with E-state index in [-0.39, 0.29) is 11.0 Å². The molecule has 138 valence electrons. The predicted octanol–water partition coefficient (Wildman–Crippen LogP) is 6.53. The summed E-state index contributed by atoms with van der Waals surface area (Å²) in [7, 11) is 0. The van der Waals surface area contributed by atoms with E-state index in [1.165, 1.54) is 0 Å². The summed E-state index contributed by atoms with van der Waals surface area (Å²) in [5, 5.41) is 6.84. The van der Waals surface area contributed by atoms with Crippen LogP contribution in [0.2, 0.25) is 0 Å². The van der Waals surface area contributed by atoms with Gasteiger partial charge in [0.1, 0.15) is 11.0 Å². The van der Waals surface area contributed by atoms with Crippen molar-refractivity contribution in [2.24, 2.45) is 0 Å². The third-order valence-corrected chi connectivity index (χ3v) is 5.62. The fraction of sp³-hybridized carbons (Fsp3) is 0.0833. The van der Waals surface area contributed by atoms with Gasteiger partial charge in [0.15, 0.2) is 0 Å². The van der Waals surface area contributed by atoms with E-state index < -0.39 is 0 Å². The van der Waals surface area contributed by atoms with Crippen LogP contribution in [0.15, 0.2) is 84.9 Å². The summed E-state index contributed by atoms with van der Waals surface area (Å²) in [6.07, 6.45) is 4.11. The van der Waals surface area contributed by atoms with E-state index in [2.05, 4.69) is 59.2 Å². The van der Waals surface area contributed by atoms with E-state index >= 15 is 0 Å². The minimum Gasteiger partial charge on any atom is -0.364 e. The summed E-state index contributed by atoms with van der Waals surface area (Å²) in [4.78, 5) is 0. The monoisotopic (exact) mass is 404 g/mol. The molecule has 0 aromatic heterocycles. The molecule has 0 amide bonds. The molecule has 2 nitrogen and oxygen atoms in total. The van der Waals surface area contributed by atoms with Crippen molar-refractivity contribution >= 4 is 45.7 Å². The topological polar surface area (TPSA) is 24.1 Å². The fourth-order valence-corrected chi connectivity index (χ4v) is 4.39. The lowest BCUT2D eigenvalue weighted by Gasteiger charge is -2.31. The van der Waals surface area contributed by atoms with Crippen molar-refractivity contribution in [1.29, 1.82) is 0 Å². The van der Waals surface area contributed by atoms with E-state index in [9.17, 15) is 0 Å². The van der Waals surface area contributed by atoms with Crippen molar-refractivity contribution < 1.29 is 0 Å². The molecule has 0 bridgehead atoms. The number of hydrogen-bond acceptors (Lipinski definition) is 2. The summed E-state index contributed by atoms with van der Waals surface area (Å²) in [6, 6.07) is 25.0. The number of benzene rings is 3. The lowest BCUT2D eigenvalue weighted by Crippen LogP contribution is -2.23. The zero-order chi connectivity index (χ0) is 19.1. The van der Waals surface area contributed by atoms with Gasteiger partial charge in [-0.05, 0) is 34.4 Å². The summed E-state index contributed by atoms with van der Waals surface area (Å²) in [5.74, 6) is 0. The van der Waals surface area contributed by atoms with E-state index in [1.54, 1.807) is 0 Å². The van der Waals surface area contributed by atoms with Crippen LogP contribution in [0.5, 0.6) is 0 Å². The Morgan fingerprint density at radius 3 is 1.32 bits per heavy atom. The molecule has 5 rings (SSSR count). The number of halogens is 2. The van der Waals surface area contributed by atoms with Crippen LogP contribution in [0.1, 0.15) is 22.3 Å². The molecule has 0 saturated heterocycles. The van der Waals surface area contributed by atoms with Crippen LogP contribution in [0.25, 0.3) is 11.1 Å². The third kappa shape index (κ3) is 2.99. The Kier molecular flexibility index (Phi) is 4.38. The molecule has 2 heterocycles. The van der Waals surface area contributed by atoms with Crippen molar-refractivity contribution in [1.82, 2.24) is 0 Å². The van der Waals surface area contributed by atoms with Gasteiger partial charge >= 0.3 is 0 Å². The third-order valence-electron chi connectivity index (χ3n) is 5.15. The quantitative estimate of drug-likeness (QED) is 0.374.